The SMILES string of the molecule is Cc1ccc(C(=O)CCCCCCCSc2nc(=O)c(Cc3cncnc3)cn2Cc2ccccn2)cc1. The zero-order valence-electron chi connectivity index (χ0n) is 21.8. The number of pyridine rings is 1. The maximum absolute atomic E-state index is 12.8. The summed E-state index contributed by atoms with van der Waals surface area (Å²) in [6.07, 6.45) is 14.8. The van der Waals surface area contributed by atoms with Gasteiger partial charge in [-0.15, -0.1) is 0 Å². The van der Waals surface area contributed by atoms with Gasteiger partial charge in [-0.25, -0.2) is 9.97 Å². The predicted molar refractivity (Wildman–Crippen MR) is 151 cm³/mol. The van der Waals surface area contributed by atoms with Crippen molar-refractivity contribution in [2.45, 2.75) is 63.6 Å². The summed E-state index contributed by atoms with van der Waals surface area (Å²) in [7, 11) is 0. The first-order valence-corrected chi connectivity index (χ1v) is 14.0. The number of carbonyl (C=O) groups is 1. The van der Waals surface area contributed by atoms with Crippen LogP contribution in [0, 0.1) is 6.92 Å². The molecule has 0 fully saturated rings. The number of hydrogen-bond acceptors (Lipinski definition) is 7. The maximum Gasteiger partial charge on any atom is 0.277 e. The fourth-order valence-electron chi connectivity index (χ4n) is 4.14. The molecule has 4 aromatic rings. The minimum absolute atomic E-state index is 0.216. The van der Waals surface area contributed by atoms with Crippen molar-refractivity contribution in [1.29, 1.82) is 0 Å². The van der Waals surface area contributed by atoms with E-state index in [1.54, 1.807) is 30.4 Å². The lowest BCUT2D eigenvalue weighted by atomic mass is 10.0. The molecule has 196 valence electrons. The molecule has 0 atom stereocenters. The van der Waals surface area contributed by atoms with E-state index in [4.69, 9.17) is 0 Å². The van der Waals surface area contributed by atoms with Crippen LogP contribution in [0.4, 0.5) is 0 Å². The number of hydrogen-bond donors (Lipinski definition) is 0. The number of aromatic nitrogens is 5. The Bertz CT molecular complexity index is 1360. The fourth-order valence-corrected chi connectivity index (χ4v) is 5.11. The Morgan fingerprint density at radius 3 is 2.47 bits per heavy atom. The molecule has 8 heteroatoms. The maximum atomic E-state index is 12.8. The molecule has 38 heavy (non-hydrogen) atoms. The number of ketones is 1. The van der Waals surface area contributed by atoms with Crippen LogP contribution in [0.3, 0.4) is 0 Å². The van der Waals surface area contributed by atoms with Gasteiger partial charge in [-0.1, -0.05) is 66.9 Å². The Balaban J connectivity index is 1.27. The summed E-state index contributed by atoms with van der Waals surface area (Å²) >= 11 is 1.61. The topological polar surface area (TPSA) is 90.6 Å². The molecule has 0 radical (unpaired) electrons. The number of unbranched alkanes of at least 4 members (excludes halogenated alkanes) is 4. The van der Waals surface area contributed by atoms with E-state index < -0.39 is 0 Å². The lowest BCUT2D eigenvalue weighted by Gasteiger charge is -2.13. The molecule has 0 saturated heterocycles. The lowest BCUT2D eigenvalue weighted by Crippen LogP contribution is -2.20. The Kier molecular flexibility index (Phi) is 10.3. The fraction of sp³-hybridized carbons (Fsp3) is 0.333. The van der Waals surface area contributed by atoms with Gasteiger partial charge in [0.05, 0.1) is 12.2 Å². The molecule has 0 aliphatic carbocycles. The predicted octanol–water partition coefficient (Wildman–Crippen LogP) is 5.69. The average Bonchev–Trinajstić information content (AvgIpc) is 2.94. The summed E-state index contributed by atoms with van der Waals surface area (Å²) in [5.41, 5.74) is 4.15. The molecule has 0 aliphatic heterocycles. The van der Waals surface area contributed by atoms with Crippen LogP contribution in [-0.2, 0) is 13.0 Å². The van der Waals surface area contributed by atoms with Crippen LogP contribution >= 0.6 is 11.8 Å². The standard InChI is InChI=1S/C30H33N5O2S/c1-23-11-13-25(14-12-23)28(36)10-5-3-2-4-8-16-38-30-34-29(37)26(17-24-18-31-22-32-19-24)20-35(30)21-27-9-6-7-15-33-27/h6-7,9,11-15,18-20,22H,2-5,8,10,16-17,21H2,1H3. The number of nitrogens with zero attached hydrogens (tertiary/aromatic N) is 5. The van der Waals surface area contributed by atoms with E-state index in [-0.39, 0.29) is 11.3 Å². The summed E-state index contributed by atoms with van der Waals surface area (Å²) in [6, 6.07) is 13.6. The third-order valence-electron chi connectivity index (χ3n) is 6.25. The Morgan fingerprint density at radius 2 is 1.71 bits per heavy atom. The molecule has 1 aromatic carbocycles. The zero-order chi connectivity index (χ0) is 26.6. The van der Waals surface area contributed by atoms with Gasteiger partial charge in [-0.2, -0.15) is 4.98 Å². The highest BCUT2D eigenvalue weighted by molar-refractivity contribution is 7.99. The summed E-state index contributed by atoms with van der Waals surface area (Å²) in [6.45, 7) is 2.57. The zero-order valence-corrected chi connectivity index (χ0v) is 22.6. The first kappa shape index (κ1) is 27.4. The molecule has 0 bridgehead atoms. The van der Waals surface area contributed by atoms with Crippen molar-refractivity contribution in [3.63, 3.8) is 0 Å². The average molecular weight is 528 g/mol. The van der Waals surface area contributed by atoms with E-state index in [9.17, 15) is 9.59 Å². The van der Waals surface area contributed by atoms with E-state index in [2.05, 4.69) is 19.9 Å². The van der Waals surface area contributed by atoms with E-state index in [1.165, 1.54) is 11.9 Å². The Labute approximate surface area is 227 Å². The number of aryl methyl sites for hydroxylation is 1. The minimum atomic E-state index is -0.216. The van der Waals surface area contributed by atoms with Gasteiger partial charge in [0, 0.05) is 54.5 Å². The largest absolute Gasteiger partial charge is 0.321 e. The third-order valence-corrected chi connectivity index (χ3v) is 7.33. The Morgan fingerprint density at radius 1 is 0.947 bits per heavy atom. The number of benzene rings is 1. The van der Waals surface area contributed by atoms with E-state index in [1.807, 2.05) is 60.2 Å². The number of carbonyl (C=O) groups excluding carboxylic acids is 1. The molecule has 0 spiro atoms. The smallest absolute Gasteiger partial charge is 0.277 e. The first-order valence-electron chi connectivity index (χ1n) is 13.1. The molecule has 0 aliphatic rings. The van der Waals surface area contributed by atoms with E-state index >= 15 is 0 Å². The second-order valence-corrected chi connectivity index (χ2v) is 10.4. The van der Waals surface area contributed by atoms with Gasteiger partial charge in [0.1, 0.15) is 6.33 Å². The number of rotatable bonds is 14. The van der Waals surface area contributed by atoms with Gasteiger partial charge in [-0.05, 0) is 37.5 Å². The quantitative estimate of drug-likeness (QED) is 0.0900. The van der Waals surface area contributed by atoms with Crippen LogP contribution in [-0.4, -0.2) is 36.0 Å². The van der Waals surface area contributed by atoms with Crippen molar-refractivity contribution in [3.8, 4) is 0 Å². The molecule has 0 saturated carbocycles. The van der Waals surface area contributed by atoms with Crippen molar-refractivity contribution in [2.24, 2.45) is 0 Å². The van der Waals surface area contributed by atoms with Crippen LogP contribution in [0.25, 0.3) is 0 Å². The van der Waals surface area contributed by atoms with Crippen molar-refractivity contribution in [1.82, 2.24) is 24.5 Å². The highest BCUT2D eigenvalue weighted by Crippen LogP contribution is 2.20. The highest BCUT2D eigenvalue weighted by atomic mass is 32.2. The molecular formula is C30H33N5O2S. The molecule has 3 heterocycles. The molecule has 0 unspecified atom stereocenters. The van der Waals surface area contributed by atoms with Gasteiger partial charge in [-0.3, -0.25) is 14.6 Å². The Hall–Kier alpha value is -3.65. The van der Waals surface area contributed by atoms with Gasteiger partial charge < -0.3 is 4.57 Å². The van der Waals surface area contributed by atoms with Crippen molar-refractivity contribution in [3.05, 3.63) is 112 Å². The normalized spacial score (nSPS) is 11.0. The molecule has 7 nitrogen and oxygen atoms in total. The van der Waals surface area contributed by atoms with Crippen molar-refractivity contribution in [2.75, 3.05) is 5.75 Å². The molecule has 0 N–H and O–H groups in total. The monoisotopic (exact) mass is 527 g/mol. The third kappa shape index (κ3) is 8.45. The van der Waals surface area contributed by atoms with Crippen molar-refractivity contribution >= 4 is 17.5 Å². The summed E-state index contributed by atoms with van der Waals surface area (Å²) in [4.78, 5) is 42.1. The van der Waals surface area contributed by atoms with Gasteiger partial charge in [0.15, 0.2) is 10.9 Å². The van der Waals surface area contributed by atoms with Crippen LogP contribution in [0.5, 0.6) is 0 Å². The second-order valence-electron chi connectivity index (χ2n) is 9.38. The van der Waals surface area contributed by atoms with Gasteiger partial charge >= 0.3 is 0 Å². The molecular weight excluding hydrogens is 494 g/mol. The summed E-state index contributed by atoms with van der Waals surface area (Å²) in [5, 5.41) is 0.706. The van der Waals surface area contributed by atoms with E-state index in [0.717, 1.165) is 54.7 Å². The number of thioether (sulfide) groups is 1. The van der Waals surface area contributed by atoms with Gasteiger partial charge in [0.2, 0.25) is 0 Å². The van der Waals surface area contributed by atoms with Crippen LogP contribution in [0.15, 0.2) is 83.5 Å². The molecule has 0 amide bonds. The highest BCUT2D eigenvalue weighted by Gasteiger charge is 2.12. The number of Topliss-reactive ketones (excluding diaryl/α,β-unsaturated/α-hetero) is 1. The van der Waals surface area contributed by atoms with Gasteiger partial charge in [0.25, 0.3) is 5.56 Å². The van der Waals surface area contributed by atoms with E-state index in [0.29, 0.717) is 30.1 Å². The first-order chi connectivity index (χ1) is 18.6. The second kappa shape index (κ2) is 14.3. The van der Waals surface area contributed by atoms with Crippen molar-refractivity contribution < 1.29 is 4.79 Å². The van der Waals surface area contributed by atoms with Crippen LogP contribution in [0.2, 0.25) is 0 Å². The summed E-state index contributed by atoms with van der Waals surface area (Å²) in [5.74, 6) is 1.10. The molecule has 3 aromatic heterocycles. The lowest BCUT2D eigenvalue weighted by molar-refractivity contribution is 0.0979. The molecule has 4 rings (SSSR count). The minimum Gasteiger partial charge on any atom is -0.321 e. The van der Waals surface area contributed by atoms with Crippen LogP contribution in [0.1, 0.15) is 71.3 Å². The summed E-state index contributed by atoms with van der Waals surface area (Å²) < 4.78 is 2.02. The van der Waals surface area contributed by atoms with Crippen LogP contribution < -0.4 is 5.56 Å².